The van der Waals surface area contributed by atoms with Crippen molar-refractivity contribution in [2.75, 3.05) is 31.6 Å². The monoisotopic (exact) mass is 434 g/mol. The van der Waals surface area contributed by atoms with Crippen LogP contribution in [-0.4, -0.2) is 54.0 Å². The number of pyridine rings is 1. The van der Waals surface area contributed by atoms with Gasteiger partial charge in [-0.15, -0.1) is 0 Å². The number of aromatic nitrogens is 1. The zero-order valence-corrected chi connectivity index (χ0v) is 18.2. The Bertz CT molecular complexity index is 778. The molecule has 1 aliphatic heterocycles. The lowest BCUT2D eigenvalue weighted by Crippen LogP contribution is -2.38. The molecule has 30 heavy (non-hydrogen) atoms. The number of halogens is 1. The van der Waals surface area contributed by atoms with E-state index in [9.17, 15) is 9.59 Å². The first-order chi connectivity index (χ1) is 14.5. The molecule has 3 rings (SSSR count). The number of nitrogens with zero attached hydrogens (tertiary/aromatic N) is 2. The Kier molecular flexibility index (Phi) is 8.10. The SMILES string of the molecule is CCOC(=O)/C=C/c1cnc(N[C@@H]2CCN(C(=O)C3CCC(CN)CC3)C2)c(Cl)c1. The van der Waals surface area contributed by atoms with Crippen molar-refractivity contribution in [1.82, 2.24) is 9.88 Å². The molecule has 1 saturated carbocycles. The minimum Gasteiger partial charge on any atom is -0.463 e. The molecule has 0 spiro atoms. The van der Waals surface area contributed by atoms with Crippen LogP contribution in [0.3, 0.4) is 0 Å². The van der Waals surface area contributed by atoms with Crippen LogP contribution < -0.4 is 11.1 Å². The predicted octanol–water partition coefficient (Wildman–Crippen LogP) is 3.09. The molecule has 2 heterocycles. The average molecular weight is 435 g/mol. The van der Waals surface area contributed by atoms with Crippen LogP contribution in [0, 0.1) is 11.8 Å². The number of hydrogen-bond acceptors (Lipinski definition) is 6. The lowest BCUT2D eigenvalue weighted by Gasteiger charge is -2.30. The van der Waals surface area contributed by atoms with E-state index < -0.39 is 5.97 Å². The maximum Gasteiger partial charge on any atom is 0.330 e. The quantitative estimate of drug-likeness (QED) is 0.505. The molecule has 2 aliphatic rings. The van der Waals surface area contributed by atoms with E-state index >= 15 is 0 Å². The van der Waals surface area contributed by atoms with Crippen LogP contribution in [0.4, 0.5) is 5.82 Å². The highest BCUT2D eigenvalue weighted by Gasteiger charge is 2.33. The molecule has 0 aromatic carbocycles. The van der Waals surface area contributed by atoms with Crippen LogP contribution in [-0.2, 0) is 14.3 Å². The number of carbonyl (C=O) groups is 2. The van der Waals surface area contributed by atoms with Crippen molar-refractivity contribution >= 4 is 35.4 Å². The molecule has 0 radical (unpaired) electrons. The van der Waals surface area contributed by atoms with E-state index in [0.29, 0.717) is 29.9 Å². The third-order valence-corrected chi connectivity index (χ3v) is 6.22. The first-order valence-electron chi connectivity index (χ1n) is 10.8. The van der Waals surface area contributed by atoms with Crippen LogP contribution in [0.2, 0.25) is 5.02 Å². The Morgan fingerprint density at radius 1 is 1.33 bits per heavy atom. The molecule has 2 fully saturated rings. The highest BCUT2D eigenvalue weighted by molar-refractivity contribution is 6.33. The fourth-order valence-electron chi connectivity index (χ4n) is 4.18. The lowest BCUT2D eigenvalue weighted by molar-refractivity contribution is -0.137. The lowest BCUT2D eigenvalue weighted by atomic mass is 9.81. The van der Waals surface area contributed by atoms with Gasteiger partial charge in [0, 0.05) is 37.3 Å². The molecule has 8 heteroatoms. The molecular weight excluding hydrogens is 404 g/mol. The van der Waals surface area contributed by atoms with Gasteiger partial charge in [-0.25, -0.2) is 9.78 Å². The summed E-state index contributed by atoms with van der Waals surface area (Å²) >= 11 is 6.37. The van der Waals surface area contributed by atoms with Gasteiger partial charge in [-0.2, -0.15) is 0 Å². The van der Waals surface area contributed by atoms with E-state index in [4.69, 9.17) is 22.1 Å². The van der Waals surface area contributed by atoms with Crippen molar-refractivity contribution in [3.05, 3.63) is 28.9 Å². The van der Waals surface area contributed by atoms with E-state index in [2.05, 4.69) is 10.3 Å². The minimum absolute atomic E-state index is 0.125. The van der Waals surface area contributed by atoms with Crippen molar-refractivity contribution in [2.45, 2.75) is 45.1 Å². The van der Waals surface area contributed by atoms with Gasteiger partial charge in [0.05, 0.1) is 11.6 Å². The van der Waals surface area contributed by atoms with Gasteiger partial charge in [0.2, 0.25) is 5.91 Å². The van der Waals surface area contributed by atoms with E-state index in [0.717, 1.165) is 50.8 Å². The number of anilines is 1. The summed E-state index contributed by atoms with van der Waals surface area (Å²) in [6, 6.07) is 1.88. The Hall–Kier alpha value is -2.12. The summed E-state index contributed by atoms with van der Waals surface area (Å²) in [5.41, 5.74) is 6.48. The standard InChI is InChI=1S/C22H31ClN4O3/c1-2-30-20(28)8-5-16-11-19(23)21(25-13-16)26-18-9-10-27(14-18)22(29)17-6-3-15(12-24)4-7-17/h5,8,11,13,15,17-18H,2-4,6-7,9-10,12,14,24H2,1H3,(H,25,26)/b8-5+/t15?,17?,18-/m1/s1. The van der Waals surface area contributed by atoms with E-state index in [1.165, 1.54) is 6.08 Å². The molecule has 1 atom stereocenters. The maximum absolute atomic E-state index is 12.9. The molecule has 1 saturated heterocycles. The van der Waals surface area contributed by atoms with Crippen LogP contribution >= 0.6 is 11.6 Å². The van der Waals surface area contributed by atoms with Crippen LogP contribution in [0.1, 0.15) is 44.6 Å². The molecule has 164 valence electrons. The second kappa shape index (κ2) is 10.8. The first-order valence-corrected chi connectivity index (χ1v) is 11.1. The molecule has 1 aliphatic carbocycles. The fourth-order valence-corrected chi connectivity index (χ4v) is 4.41. The topological polar surface area (TPSA) is 97.5 Å². The number of hydrogen-bond donors (Lipinski definition) is 2. The summed E-state index contributed by atoms with van der Waals surface area (Å²) < 4.78 is 4.86. The Morgan fingerprint density at radius 3 is 2.77 bits per heavy atom. The third kappa shape index (κ3) is 5.95. The number of rotatable bonds is 7. The summed E-state index contributed by atoms with van der Waals surface area (Å²) in [7, 11) is 0. The molecule has 1 aromatic heterocycles. The largest absolute Gasteiger partial charge is 0.463 e. The summed E-state index contributed by atoms with van der Waals surface area (Å²) in [6.07, 6.45) is 9.50. The molecule has 0 unspecified atom stereocenters. The predicted molar refractivity (Wildman–Crippen MR) is 118 cm³/mol. The van der Waals surface area contributed by atoms with Gasteiger partial charge in [-0.05, 0) is 69.2 Å². The van der Waals surface area contributed by atoms with Crippen LogP contribution in [0.5, 0.6) is 0 Å². The highest BCUT2D eigenvalue weighted by Crippen LogP contribution is 2.31. The van der Waals surface area contributed by atoms with Gasteiger partial charge < -0.3 is 20.7 Å². The van der Waals surface area contributed by atoms with Gasteiger partial charge in [0.1, 0.15) is 5.82 Å². The third-order valence-electron chi connectivity index (χ3n) is 5.93. The molecule has 1 amide bonds. The smallest absolute Gasteiger partial charge is 0.330 e. The summed E-state index contributed by atoms with van der Waals surface area (Å²) in [4.78, 5) is 30.6. The van der Waals surface area contributed by atoms with Gasteiger partial charge >= 0.3 is 5.97 Å². The number of amides is 1. The summed E-state index contributed by atoms with van der Waals surface area (Å²) in [6.45, 7) is 4.24. The molecule has 0 bridgehead atoms. The van der Waals surface area contributed by atoms with Crippen LogP contribution in [0.15, 0.2) is 18.3 Å². The van der Waals surface area contributed by atoms with Gasteiger partial charge in [-0.1, -0.05) is 11.6 Å². The minimum atomic E-state index is -0.400. The second-order valence-electron chi connectivity index (χ2n) is 8.05. The zero-order valence-electron chi connectivity index (χ0n) is 17.5. The van der Waals surface area contributed by atoms with E-state index in [1.807, 2.05) is 4.90 Å². The second-order valence-corrected chi connectivity index (χ2v) is 8.46. The number of esters is 1. The van der Waals surface area contributed by atoms with Crippen molar-refractivity contribution in [3.8, 4) is 0 Å². The van der Waals surface area contributed by atoms with Gasteiger partial charge in [-0.3, -0.25) is 4.79 Å². The van der Waals surface area contributed by atoms with Crippen molar-refractivity contribution in [3.63, 3.8) is 0 Å². The number of likely N-dealkylation sites (tertiary alicyclic amines) is 1. The van der Waals surface area contributed by atoms with Crippen molar-refractivity contribution in [1.29, 1.82) is 0 Å². The maximum atomic E-state index is 12.9. The zero-order chi connectivity index (χ0) is 21.5. The van der Waals surface area contributed by atoms with Gasteiger partial charge in [0.15, 0.2) is 0 Å². The first kappa shape index (κ1) is 22.6. The Balaban J connectivity index is 1.51. The summed E-state index contributed by atoms with van der Waals surface area (Å²) in [5, 5.41) is 3.83. The van der Waals surface area contributed by atoms with Crippen molar-refractivity contribution < 1.29 is 14.3 Å². The fraction of sp³-hybridized carbons (Fsp3) is 0.591. The molecule has 1 aromatic rings. The number of nitrogens with two attached hydrogens (primary N) is 1. The number of carbonyl (C=O) groups excluding carboxylic acids is 2. The van der Waals surface area contributed by atoms with E-state index in [1.54, 1.807) is 25.3 Å². The summed E-state index contributed by atoms with van der Waals surface area (Å²) in [5.74, 6) is 1.17. The van der Waals surface area contributed by atoms with Crippen LogP contribution in [0.25, 0.3) is 6.08 Å². The Morgan fingerprint density at radius 2 is 2.10 bits per heavy atom. The molecular formula is C22H31ClN4O3. The van der Waals surface area contributed by atoms with Gasteiger partial charge in [0.25, 0.3) is 0 Å². The van der Waals surface area contributed by atoms with E-state index in [-0.39, 0.29) is 17.9 Å². The average Bonchev–Trinajstić information content (AvgIpc) is 3.22. The number of ether oxygens (including phenoxy) is 1. The van der Waals surface area contributed by atoms with Crippen molar-refractivity contribution in [2.24, 2.45) is 17.6 Å². The molecule has 7 nitrogen and oxygen atoms in total. The highest BCUT2D eigenvalue weighted by atomic mass is 35.5. The Labute approximate surface area is 183 Å². The number of nitrogens with one attached hydrogen (secondary N) is 1. The normalized spacial score (nSPS) is 24.2. The molecule has 3 N–H and O–H groups in total.